The highest BCUT2D eigenvalue weighted by molar-refractivity contribution is 5.44. The van der Waals surface area contributed by atoms with Crippen molar-refractivity contribution in [3.8, 4) is 0 Å². The summed E-state index contributed by atoms with van der Waals surface area (Å²) in [6, 6.07) is 0.883. The largest absolute Gasteiger partial charge is 0.433 e. The van der Waals surface area contributed by atoms with Crippen LogP contribution in [0.4, 0.5) is 24.9 Å². The quantitative estimate of drug-likeness (QED) is 0.876. The standard InChI is InChI=1S/C13H19F3N4O2/c1-20(2)10-7-9(13(14,15)16)18-11(19-10)17-8-12(21)3-5-22-6-4-12/h7,21H,3-6,8H2,1-2H3,(H,17,18,19). The van der Waals surface area contributed by atoms with E-state index in [0.717, 1.165) is 6.07 Å². The molecule has 1 aliphatic rings. The molecule has 2 N–H and O–H groups in total. The third-order valence-corrected chi connectivity index (χ3v) is 3.46. The number of anilines is 2. The Bertz CT molecular complexity index is 516. The first-order valence-electron chi connectivity index (χ1n) is 6.87. The monoisotopic (exact) mass is 320 g/mol. The number of hydrogen-bond acceptors (Lipinski definition) is 6. The molecule has 6 nitrogen and oxygen atoms in total. The van der Waals surface area contributed by atoms with E-state index in [9.17, 15) is 18.3 Å². The van der Waals surface area contributed by atoms with Crippen molar-refractivity contribution in [3.63, 3.8) is 0 Å². The Labute approximate surface area is 126 Å². The van der Waals surface area contributed by atoms with Crippen molar-refractivity contribution in [1.82, 2.24) is 9.97 Å². The second-order valence-corrected chi connectivity index (χ2v) is 5.52. The van der Waals surface area contributed by atoms with Crippen LogP contribution in [0.3, 0.4) is 0 Å². The van der Waals surface area contributed by atoms with Crippen LogP contribution in [0.1, 0.15) is 18.5 Å². The molecular weight excluding hydrogens is 301 g/mol. The van der Waals surface area contributed by atoms with Gasteiger partial charge in [-0.2, -0.15) is 18.2 Å². The maximum atomic E-state index is 12.9. The molecule has 1 aliphatic heterocycles. The molecule has 9 heteroatoms. The molecule has 0 atom stereocenters. The molecule has 0 aliphatic carbocycles. The molecule has 0 amide bonds. The molecule has 0 unspecified atom stereocenters. The Balaban J connectivity index is 2.17. The van der Waals surface area contributed by atoms with Gasteiger partial charge in [0.1, 0.15) is 5.82 Å². The summed E-state index contributed by atoms with van der Waals surface area (Å²) in [5.41, 5.74) is -2.04. The first-order valence-corrected chi connectivity index (χ1v) is 6.87. The summed E-state index contributed by atoms with van der Waals surface area (Å²) in [4.78, 5) is 8.97. The van der Waals surface area contributed by atoms with Crippen LogP contribution in [0, 0.1) is 0 Å². The zero-order valence-corrected chi connectivity index (χ0v) is 12.4. The number of hydrogen-bond donors (Lipinski definition) is 2. The molecule has 1 fully saturated rings. The number of alkyl halides is 3. The number of ether oxygens (including phenoxy) is 1. The van der Waals surface area contributed by atoms with Crippen LogP contribution in [0.15, 0.2) is 6.07 Å². The number of halogens is 3. The molecule has 0 spiro atoms. The minimum Gasteiger partial charge on any atom is -0.388 e. The molecular formula is C13H19F3N4O2. The molecule has 0 radical (unpaired) electrons. The molecule has 124 valence electrons. The molecule has 0 bridgehead atoms. The lowest BCUT2D eigenvalue weighted by atomic mass is 9.94. The highest BCUT2D eigenvalue weighted by Gasteiger charge is 2.34. The van der Waals surface area contributed by atoms with Crippen LogP contribution in [0.25, 0.3) is 0 Å². The predicted molar refractivity (Wildman–Crippen MR) is 74.9 cm³/mol. The third-order valence-electron chi connectivity index (χ3n) is 3.46. The number of rotatable bonds is 4. The summed E-state index contributed by atoms with van der Waals surface area (Å²) >= 11 is 0. The first kappa shape index (κ1) is 16.8. The first-order chi connectivity index (χ1) is 10.2. The van der Waals surface area contributed by atoms with Crippen molar-refractivity contribution in [1.29, 1.82) is 0 Å². The van der Waals surface area contributed by atoms with Gasteiger partial charge in [0.05, 0.1) is 5.60 Å². The van der Waals surface area contributed by atoms with Crippen LogP contribution in [0.5, 0.6) is 0 Å². The normalized spacial score (nSPS) is 18.1. The van der Waals surface area contributed by atoms with Crippen molar-refractivity contribution in [2.45, 2.75) is 24.6 Å². The third kappa shape index (κ3) is 4.20. The highest BCUT2D eigenvalue weighted by Crippen LogP contribution is 2.30. The van der Waals surface area contributed by atoms with Gasteiger partial charge in [-0.3, -0.25) is 0 Å². The maximum absolute atomic E-state index is 12.9. The smallest absolute Gasteiger partial charge is 0.388 e. The summed E-state index contributed by atoms with van der Waals surface area (Å²) in [7, 11) is 3.19. The number of aromatic nitrogens is 2. The van der Waals surface area contributed by atoms with Gasteiger partial charge < -0.3 is 20.1 Å². The van der Waals surface area contributed by atoms with E-state index in [1.165, 1.54) is 4.90 Å². The molecule has 1 aromatic heterocycles. The number of nitrogens with zero attached hydrogens (tertiary/aromatic N) is 3. The summed E-state index contributed by atoms with van der Waals surface area (Å²) in [6.45, 7) is 0.916. The molecule has 2 rings (SSSR count). The lowest BCUT2D eigenvalue weighted by Crippen LogP contribution is -2.42. The average Bonchev–Trinajstić information content (AvgIpc) is 2.45. The molecule has 1 aromatic rings. The fourth-order valence-electron chi connectivity index (χ4n) is 2.06. The van der Waals surface area contributed by atoms with Gasteiger partial charge in [-0.05, 0) is 0 Å². The van der Waals surface area contributed by atoms with Gasteiger partial charge >= 0.3 is 6.18 Å². The molecule has 22 heavy (non-hydrogen) atoms. The van der Waals surface area contributed by atoms with Crippen molar-refractivity contribution in [3.05, 3.63) is 11.8 Å². The van der Waals surface area contributed by atoms with Crippen molar-refractivity contribution >= 4 is 11.8 Å². The van der Waals surface area contributed by atoms with Gasteiger partial charge in [0.15, 0.2) is 5.69 Å². The molecule has 0 saturated carbocycles. The Morgan fingerprint density at radius 2 is 1.95 bits per heavy atom. The molecule has 2 heterocycles. The van der Waals surface area contributed by atoms with Gasteiger partial charge in [-0.15, -0.1) is 0 Å². The van der Waals surface area contributed by atoms with E-state index in [2.05, 4.69) is 15.3 Å². The SMILES string of the molecule is CN(C)c1cc(C(F)(F)F)nc(NCC2(O)CCOCC2)n1. The van der Waals surface area contributed by atoms with Crippen LogP contribution >= 0.6 is 0 Å². The zero-order valence-electron chi connectivity index (χ0n) is 12.4. The second-order valence-electron chi connectivity index (χ2n) is 5.52. The fourth-order valence-corrected chi connectivity index (χ4v) is 2.06. The predicted octanol–water partition coefficient (Wildman–Crippen LogP) is 1.51. The Morgan fingerprint density at radius 3 is 2.50 bits per heavy atom. The fraction of sp³-hybridized carbons (Fsp3) is 0.692. The van der Waals surface area contributed by atoms with E-state index in [-0.39, 0.29) is 18.3 Å². The Hall–Kier alpha value is -1.61. The van der Waals surface area contributed by atoms with Gasteiger partial charge in [-0.1, -0.05) is 0 Å². The number of aliphatic hydroxyl groups is 1. The second kappa shape index (κ2) is 6.25. The van der Waals surface area contributed by atoms with E-state index >= 15 is 0 Å². The van der Waals surface area contributed by atoms with Crippen molar-refractivity contribution in [2.24, 2.45) is 0 Å². The van der Waals surface area contributed by atoms with Crippen LogP contribution in [-0.4, -0.2) is 54.5 Å². The van der Waals surface area contributed by atoms with Gasteiger partial charge in [0, 0.05) is 52.8 Å². The number of nitrogens with one attached hydrogen (secondary N) is 1. The van der Waals surface area contributed by atoms with E-state index in [4.69, 9.17) is 4.74 Å². The molecule has 0 aromatic carbocycles. The van der Waals surface area contributed by atoms with Crippen molar-refractivity contribution in [2.75, 3.05) is 44.1 Å². The van der Waals surface area contributed by atoms with Gasteiger partial charge in [0.2, 0.25) is 5.95 Å². The van der Waals surface area contributed by atoms with Crippen LogP contribution in [0.2, 0.25) is 0 Å². The minimum absolute atomic E-state index is 0.0739. The van der Waals surface area contributed by atoms with Crippen LogP contribution < -0.4 is 10.2 Å². The Morgan fingerprint density at radius 1 is 1.32 bits per heavy atom. The lowest BCUT2D eigenvalue weighted by Gasteiger charge is -2.32. The summed E-state index contributed by atoms with van der Waals surface area (Å²) < 4.78 is 43.8. The highest BCUT2D eigenvalue weighted by atomic mass is 19.4. The van der Waals surface area contributed by atoms with Crippen LogP contribution in [-0.2, 0) is 10.9 Å². The minimum atomic E-state index is -4.56. The van der Waals surface area contributed by atoms with Gasteiger partial charge in [-0.25, -0.2) is 4.98 Å². The van der Waals surface area contributed by atoms with E-state index in [0.29, 0.717) is 26.1 Å². The summed E-state index contributed by atoms with van der Waals surface area (Å²) in [5, 5.41) is 13.0. The Kier molecular flexibility index (Phi) is 4.76. The summed E-state index contributed by atoms with van der Waals surface area (Å²) in [5.74, 6) is -0.0118. The molecule has 1 saturated heterocycles. The van der Waals surface area contributed by atoms with E-state index in [1.807, 2.05) is 0 Å². The maximum Gasteiger partial charge on any atom is 0.433 e. The average molecular weight is 320 g/mol. The zero-order chi connectivity index (χ0) is 16.4. The van der Waals surface area contributed by atoms with Gasteiger partial charge in [0.25, 0.3) is 0 Å². The topological polar surface area (TPSA) is 70.5 Å². The lowest BCUT2D eigenvalue weighted by molar-refractivity contribution is -0.141. The van der Waals surface area contributed by atoms with E-state index < -0.39 is 17.5 Å². The summed E-state index contributed by atoms with van der Waals surface area (Å²) in [6.07, 6.45) is -3.72. The van der Waals surface area contributed by atoms with Crippen molar-refractivity contribution < 1.29 is 23.0 Å². The van der Waals surface area contributed by atoms with E-state index in [1.54, 1.807) is 14.1 Å².